The van der Waals surface area contributed by atoms with Crippen LogP contribution in [0.4, 0.5) is 20.7 Å². The van der Waals surface area contributed by atoms with E-state index in [2.05, 4.69) is 70.4 Å². The number of rotatable bonds is 10. The maximum atomic E-state index is 14.3. The van der Waals surface area contributed by atoms with Gasteiger partial charge in [-0.25, -0.2) is 13.8 Å². The fourth-order valence-corrected chi connectivity index (χ4v) is 6.67. The van der Waals surface area contributed by atoms with Crippen LogP contribution in [0.25, 0.3) is 28.1 Å². The maximum Gasteiger partial charge on any atom is 0.296 e. The smallest absolute Gasteiger partial charge is 0.296 e. The van der Waals surface area contributed by atoms with Crippen molar-refractivity contribution in [3.05, 3.63) is 83.9 Å². The molecule has 0 unspecified atom stereocenters. The van der Waals surface area contributed by atoms with E-state index >= 15 is 0 Å². The molecule has 2 saturated heterocycles. The molecule has 2 aliphatic heterocycles. The largest absolute Gasteiger partial charge is 0.378 e. The molecule has 2 aliphatic rings. The summed E-state index contributed by atoms with van der Waals surface area (Å²) in [5, 5.41) is 3.53. The standard InChI is InChI=1S/C36H41F2N9O/c1-36(2,23-26-10-4-5-11-28(26)25-14-15-39-27(22-25)24-45-16-8-3-9-17-45)44-33-41-34(46-18-20-48-21-19-46)43-35(42-33)47-30-13-7-6-12-29(30)40-32(47)31(37)38/h4-7,10-15,22,31H,3,8-9,16-21,23-24H2,1-2H3,(H,41,42,43,44). The van der Waals surface area contributed by atoms with Crippen LogP contribution in [0.2, 0.25) is 0 Å². The van der Waals surface area contributed by atoms with E-state index in [4.69, 9.17) is 19.7 Å². The summed E-state index contributed by atoms with van der Waals surface area (Å²) in [7, 11) is 0. The van der Waals surface area contributed by atoms with Crippen molar-refractivity contribution in [3.8, 4) is 17.1 Å². The first kappa shape index (κ1) is 32.0. The number of morpholine rings is 1. The molecule has 5 aromatic rings. The van der Waals surface area contributed by atoms with Crippen molar-refractivity contribution >= 4 is 22.9 Å². The van der Waals surface area contributed by atoms with Crippen LogP contribution in [0.3, 0.4) is 0 Å². The molecular weight excluding hydrogens is 612 g/mol. The van der Waals surface area contributed by atoms with Crippen molar-refractivity contribution in [1.82, 2.24) is 34.4 Å². The van der Waals surface area contributed by atoms with E-state index in [0.717, 1.165) is 42.0 Å². The van der Waals surface area contributed by atoms with E-state index in [9.17, 15) is 8.78 Å². The molecular formula is C36H41F2N9O. The van der Waals surface area contributed by atoms with Gasteiger partial charge in [0.25, 0.3) is 6.43 Å². The predicted molar refractivity (Wildman–Crippen MR) is 183 cm³/mol. The van der Waals surface area contributed by atoms with Gasteiger partial charge in [0.05, 0.1) is 29.9 Å². The van der Waals surface area contributed by atoms with E-state index in [-0.39, 0.29) is 5.95 Å². The van der Waals surface area contributed by atoms with Crippen LogP contribution in [0.1, 0.15) is 56.6 Å². The maximum absolute atomic E-state index is 14.3. The minimum absolute atomic E-state index is 0.0900. The van der Waals surface area contributed by atoms with Crippen LogP contribution in [-0.4, -0.2) is 79.3 Å². The number of nitrogens with zero attached hydrogens (tertiary/aromatic N) is 8. The third kappa shape index (κ3) is 7.14. The highest BCUT2D eigenvalue weighted by molar-refractivity contribution is 5.77. The summed E-state index contributed by atoms with van der Waals surface area (Å²) in [4.78, 5) is 27.6. The third-order valence-corrected chi connectivity index (χ3v) is 8.95. The van der Waals surface area contributed by atoms with Gasteiger partial charge in [-0.15, -0.1) is 0 Å². The predicted octanol–water partition coefficient (Wildman–Crippen LogP) is 6.47. The number of imidazole rings is 1. The number of hydrogen-bond acceptors (Lipinski definition) is 9. The fraction of sp³-hybridized carbons (Fsp3) is 0.417. The Morgan fingerprint density at radius 1 is 0.854 bits per heavy atom. The normalized spacial score (nSPS) is 16.1. The van der Waals surface area contributed by atoms with Crippen LogP contribution in [-0.2, 0) is 17.7 Å². The molecule has 0 radical (unpaired) electrons. The summed E-state index contributed by atoms with van der Waals surface area (Å²) in [6.45, 7) is 9.49. The molecule has 2 fully saturated rings. The number of aromatic nitrogens is 6. The summed E-state index contributed by atoms with van der Waals surface area (Å²) in [6, 6.07) is 19.7. The molecule has 0 spiro atoms. The number of fused-ring (bicyclic) bond motifs is 1. The zero-order chi connectivity index (χ0) is 33.1. The van der Waals surface area contributed by atoms with E-state index in [1.165, 1.54) is 23.8 Å². The quantitative estimate of drug-likeness (QED) is 0.182. The molecule has 0 bridgehead atoms. The highest BCUT2D eigenvalue weighted by Gasteiger charge is 2.27. The number of alkyl halides is 2. The highest BCUT2D eigenvalue weighted by atomic mass is 19.3. The number of halogens is 2. The second kappa shape index (κ2) is 13.9. The summed E-state index contributed by atoms with van der Waals surface area (Å²) in [5.74, 6) is 0.381. The average molecular weight is 654 g/mol. The number of likely N-dealkylation sites (tertiary alicyclic amines) is 1. The van der Waals surface area contributed by atoms with Gasteiger partial charge in [0, 0.05) is 31.4 Å². The van der Waals surface area contributed by atoms with Crippen LogP contribution in [0.15, 0.2) is 66.9 Å². The Balaban J connectivity index is 1.20. The number of benzene rings is 2. The molecule has 0 amide bonds. The zero-order valence-electron chi connectivity index (χ0n) is 27.4. The van der Waals surface area contributed by atoms with Crippen molar-refractivity contribution in [2.45, 2.75) is 58.0 Å². The van der Waals surface area contributed by atoms with Crippen molar-refractivity contribution in [1.29, 1.82) is 0 Å². The number of ether oxygens (including phenoxy) is 1. The van der Waals surface area contributed by atoms with E-state index < -0.39 is 17.8 Å². The first-order valence-electron chi connectivity index (χ1n) is 16.7. The highest BCUT2D eigenvalue weighted by Crippen LogP contribution is 2.31. The molecule has 0 saturated carbocycles. The second-order valence-corrected chi connectivity index (χ2v) is 13.2. The number of piperidine rings is 1. The van der Waals surface area contributed by atoms with Crippen molar-refractivity contribution in [3.63, 3.8) is 0 Å². The number of pyridine rings is 1. The first-order chi connectivity index (χ1) is 23.3. The molecule has 7 rings (SSSR count). The van der Waals surface area contributed by atoms with E-state index in [1.54, 1.807) is 24.3 Å². The Kier molecular flexibility index (Phi) is 9.27. The lowest BCUT2D eigenvalue weighted by Crippen LogP contribution is -2.39. The molecule has 5 heterocycles. The minimum atomic E-state index is -2.82. The zero-order valence-corrected chi connectivity index (χ0v) is 27.4. The van der Waals surface area contributed by atoms with Gasteiger partial charge in [-0.05, 0) is 87.2 Å². The van der Waals surface area contributed by atoms with Crippen molar-refractivity contribution in [2.24, 2.45) is 0 Å². The Hall–Kier alpha value is -4.55. The van der Waals surface area contributed by atoms with Gasteiger partial charge in [0.1, 0.15) is 0 Å². The van der Waals surface area contributed by atoms with Crippen molar-refractivity contribution < 1.29 is 13.5 Å². The molecule has 10 nitrogen and oxygen atoms in total. The van der Waals surface area contributed by atoms with Crippen LogP contribution < -0.4 is 10.2 Å². The van der Waals surface area contributed by atoms with Gasteiger partial charge in [-0.1, -0.05) is 42.8 Å². The Morgan fingerprint density at radius 3 is 2.42 bits per heavy atom. The lowest BCUT2D eigenvalue weighted by atomic mass is 9.89. The number of para-hydroxylation sites is 2. The molecule has 2 aromatic carbocycles. The Morgan fingerprint density at radius 2 is 1.60 bits per heavy atom. The summed E-state index contributed by atoms with van der Waals surface area (Å²) >= 11 is 0. The van der Waals surface area contributed by atoms with E-state index in [1.807, 2.05) is 11.1 Å². The van der Waals surface area contributed by atoms with Gasteiger partial charge in [-0.2, -0.15) is 15.0 Å². The van der Waals surface area contributed by atoms with Gasteiger partial charge < -0.3 is 15.0 Å². The molecule has 1 N–H and O–H groups in total. The SMILES string of the molecule is CC(C)(Cc1ccccc1-c1ccnc(CN2CCCCC2)c1)Nc1nc(N2CCOCC2)nc(-n2c(C(F)F)nc3ccccc32)n1. The summed E-state index contributed by atoms with van der Waals surface area (Å²) in [5.41, 5.74) is 4.94. The second-order valence-electron chi connectivity index (χ2n) is 13.2. The van der Waals surface area contributed by atoms with Gasteiger partial charge >= 0.3 is 0 Å². The molecule has 3 aromatic heterocycles. The van der Waals surface area contributed by atoms with Crippen LogP contribution in [0.5, 0.6) is 0 Å². The van der Waals surface area contributed by atoms with Crippen LogP contribution in [0, 0.1) is 0 Å². The van der Waals surface area contributed by atoms with Crippen LogP contribution >= 0.6 is 0 Å². The van der Waals surface area contributed by atoms with Gasteiger partial charge in [0.15, 0.2) is 5.82 Å². The molecule has 0 aliphatic carbocycles. The Labute approximate surface area is 279 Å². The van der Waals surface area contributed by atoms with E-state index in [0.29, 0.717) is 55.7 Å². The minimum Gasteiger partial charge on any atom is -0.378 e. The molecule has 250 valence electrons. The number of anilines is 2. The summed E-state index contributed by atoms with van der Waals surface area (Å²) in [6.07, 6.45) is 3.53. The molecule has 48 heavy (non-hydrogen) atoms. The lowest BCUT2D eigenvalue weighted by molar-refractivity contribution is 0.122. The number of hydrogen-bond donors (Lipinski definition) is 1. The fourth-order valence-electron chi connectivity index (χ4n) is 6.67. The monoisotopic (exact) mass is 653 g/mol. The number of nitrogens with one attached hydrogen (secondary N) is 1. The third-order valence-electron chi connectivity index (χ3n) is 8.95. The summed E-state index contributed by atoms with van der Waals surface area (Å²) < 4.78 is 35.6. The Bertz CT molecular complexity index is 1870. The van der Waals surface area contributed by atoms with Gasteiger partial charge in [-0.3, -0.25) is 14.5 Å². The average Bonchev–Trinajstić information content (AvgIpc) is 3.49. The topological polar surface area (TPSA) is 97.1 Å². The first-order valence-corrected chi connectivity index (χ1v) is 16.7. The molecule has 0 atom stereocenters. The molecule has 12 heteroatoms. The lowest BCUT2D eigenvalue weighted by Gasteiger charge is -2.30. The van der Waals surface area contributed by atoms with Gasteiger partial charge in [0.2, 0.25) is 17.8 Å². The van der Waals surface area contributed by atoms with Crippen molar-refractivity contribution in [2.75, 3.05) is 49.6 Å².